The van der Waals surface area contributed by atoms with Crippen LogP contribution in [0.3, 0.4) is 0 Å². The fourth-order valence-corrected chi connectivity index (χ4v) is 2.93. The van der Waals surface area contributed by atoms with Gasteiger partial charge in [0.05, 0.1) is 0 Å². The van der Waals surface area contributed by atoms with Crippen LogP contribution in [0.5, 0.6) is 0 Å². The van der Waals surface area contributed by atoms with E-state index in [9.17, 15) is 0 Å². The number of hydrogen-bond acceptors (Lipinski definition) is 2. The van der Waals surface area contributed by atoms with E-state index in [1.807, 2.05) is 0 Å². The normalized spacial score (nSPS) is 18.4. The third kappa shape index (κ3) is 2.70. The van der Waals surface area contributed by atoms with Gasteiger partial charge in [-0.25, -0.2) is 0 Å². The molecule has 0 fully saturated rings. The Kier molecular flexibility index (Phi) is 4.42. The highest BCUT2D eigenvalue weighted by molar-refractivity contribution is 5.65. The second-order valence-electron chi connectivity index (χ2n) is 6.67. The summed E-state index contributed by atoms with van der Waals surface area (Å²) in [6.07, 6.45) is 4.62. The Bertz CT molecular complexity index is 460. The third-order valence-electron chi connectivity index (χ3n) is 4.03. The first kappa shape index (κ1) is 15.0. The predicted molar refractivity (Wildman–Crippen MR) is 88.0 cm³/mol. The first-order chi connectivity index (χ1) is 9.43. The molecule has 0 radical (unpaired) electrons. The van der Waals surface area contributed by atoms with Crippen LogP contribution in [0.2, 0.25) is 0 Å². The minimum Gasteiger partial charge on any atom is -0.369 e. The molecule has 2 nitrogen and oxygen atoms in total. The van der Waals surface area contributed by atoms with Gasteiger partial charge in [-0.2, -0.15) is 0 Å². The number of nitrogens with one attached hydrogen (secondary N) is 1. The molecule has 20 heavy (non-hydrogen) atoms. The molecule has 0 saturated heterocycles. The summed E-state index contributed by atoms with van der Waals surface area (Å²) >= 11 is 0. The molecule has 110 valence electrons. The predicted octanol–water partition coefficient (Wildman–Crippen LogP) is 4.80. The van der Waals surface area contributed by atoms with Crippen molar-refractivity contribution < 1.29 is 0 Å². The van der Waals surface area contributed by atoms with Gasteiger partial charge >= 0.3 is 0 Å². The molecular formula is C18H28N2. The molecule has 1 aliphatic heterocycles. The molecule has 2 rings (SSSR count). The molecule has 0 saturated carbocycles. The lowest BCUT2D eigenvalue weighted by Crippen LogP contribution is -2.40. The van der Waals surface area contributed by atoms with E-state index in [4.69, 9.17) is 0 Å². The van der Waals surface area contributed by atoms with E-state index in [0.29, 0.717) is 23.9 Å². The minimum atomic E-state index is 0.354. The average Bonchev–Trinajstić information content (AvgIpc) is 2.86. The summed E-state index contributed by atoms with van der Waals surface area (Å²) < 4.78 is 0. The molecule has 1 aromatic rings. The SMILES string of the molecule is CC(C)c1cccc(C(C)C)c1N1C=CNC1C(C)C. The van der Waals surface area contributed by atoms with Crippen LogP contribution >= 0.6 is 0 Å². The van der Waals surface area contributed by atoms with Crippen molar-refractivity contribution in [2.24, 2.45) is 5.92 Å². The van der Waals surface area contributed by atoms with Crippen LogP contribution in [-0.2, 0) is 0 Å². The summed E-state index contributed by atoms with van der Waals surface area (Å²) in [5.74, 6) is 1.63. The van der Waals surface area contributed by atoms with Crippen molar-refractivity contribution in [2.45, 2.75) is 59.5 Å². The molecule has 0 aromatic heterocycles. The second kappa shape index (κ2) is 5.90. The molecule has 1 atom stereocenters. The summed E-state index contributed by atoms with van der Waals surface area (Å²) in [5.41, 5.74) is 4.28. The van der Waals surface area contributed by atoms with Crippen molar-refractivity contribution in [3.05, 3.63) is 41.7 Å². The lowest BCUT2D eigenvalue weighted by atomic mass is 9.91. The molecule has 1 unspecified atom stereocenters. The van der Waals surface area contributed by atoms with Gasteiger partial charge in [0.15, 0.2) is 0 Å². The Hall–Kier alpha value is -1.44. The molecular weight excluding hydrogens is 244 g/mol. The molecule has 1 aromatic carbocycles. The maximum Gasteiger partial charge on any atom is 0.105 e. The van der Waals surface area contributed by atoms with Gasteiger partial charge in [-0.1, -0.05) is 59.7 Å². The quantitative estimate of drug-likeness (QED) is 0.847. The Morgan fingerprint density at radius 3 is 1.95 bits per heavy atom. The first-order valence-corrected chi connectivity index (χ1v) is 7.77. The molecule has 0 aliphatic carbocycles. The van der Waals surface area contributed by atoms with Gasteiger partial charge in [0.2, 0.25) is 0 Å². The van der Waals surface area contributed by atoms with Gasteiger partial charge in [0, 0.05) is 18.1 Å². The van der Waals surface area contributed by atoms with Gasteiger partial charge in [0.25, 0.3) is 0 Å². The summed E-state index contributed by atoms with van der Waals surface area (Å²) in [7, 11) is 0. The van der Waals surface area contributed by atoms with E-state index < -0.39 is 0 Å². The summed E-state index contributed by atoms with van der Waals surface area (Å²) in [6.45, 7) is 13.7. The van der Waals surface area contributed by atoms with Gasteiger partial charge in [-0.15, -0.1) is 0 Å². The number of rotatable bonds is 4. The summed E-state index contributed by atoms with van der Waals surface area (Å²) in [6, 6.07) is 6.75. The first-order valence-electron chi connectivity index (χ1n) is 7.77. The standard InChI is InChI=1S/C18H28N2/c1-12(2)15-8-7-9-16(13(3)4)17(15)20-11-10-19-18(20)14(5)6/h7-14,18-19H,1-6H3. The molecule has 2 heteroatoms. The van der Waals surface area contributed by atoms with Gasteiger partial charge in [-0.3, -0.25) is 0 Å². The number of anilines is 1. The number of para-hydroxylation sites is 1. The van der Waals surface area contributed by atoms with Gasteiger partial charge in [-0.05, 0) is 28.9 Å². The average molecular weight is 272 g/mol. The van der Waals surface area contributed by atoms with E-state index in [-0.39, 0.29) is 0 Å². The molecule has 1 heterocycles. The van der Waals surface area contributed by atoms with E-state index >= 15 is 0 Å². The van der Waals surface area contributed by atoms with Crippen LogP contribution in [0.4, 0.5) is 5.69 Å². The minimum absolute atomic E-state index is 0.354. The van der Waals surface area contributed by atoms with Crippen LogP contribution in [0.25, 0.3) is 0 Å². The van der Waals surface area contributed by atoms with E-state index in [1.54, 1.807) is 0 Å². The smallest absolute Gasteiger partial charge is 0.105 e. The van der Waals surface area contributed by atoms with Crippen molar-refractivity contribution in [2.75, 3.05) is 4.90 Å². The fourth-order valence-electron chi connectivity index (χ4n) is 2.93. The van der Waals surface area contributed by atoms with Crippen molar-refractivity contribution in [3.8, 4) is 0 Å². The number of nitrogens with zero attached hydrogens (tertiary/aromatic N) is 1. The maximum atomic E-state index is 3.48. The molecule has 1 N–H and O–H groups in total. The van der Waals surface area contributed by atoms with E-state index in [0.717, 1.165) is 0 Å². The highest BCUT2D eigenvalue weighted by Crippen LogP contribution is 2.38. The van der Waals surface area contributed by atoms with Crippen LogP contribution < -0.4 is 10.2 Å². The zero-order valence-electron chi connectivity index (χ0n) is 13.6. The zero-order chi connectivity index (χ0) is 14.9. The molecule has 1 aliphatic rings. The maximum absolute atomic E-state index is 3.48. The van der Waals surface area contributed by atoms with Crippen LogP contribution in [0.1, 0.15) is 64.5 Å². The Labute approximate surface area is 123 Å². The fraction of sp³-hybridized carbons (Fsp3) is 0.556. The zero-order valence-corrected chi connectivity index (χ0v) is 13.6. The molecule has 0 amide bonds. The third-order valence-corrected chi connectivity index (χ3v) is 4.03. The monoisotopic (exact) mass is 272 g/mol. The summed E-state index contributed by atoms with van der Waals surface area (Å²) in [4.78, 5) is 2.43. The highest BCUT2D eigenvalue weighted by Gasteiger charge is 2.27. The Morgan fingerprint density at radius 1 is 0.950 bits per heavy atom. The lowest BCUT2D eigenvalue weighted by Gasteiger charge is -2.33. The second-order valence-corrected chi connectivity index (χ2v) is 6.67. The highest BCUT2D eigenvalue weighted by atomic mass is 15.3. The van der Waals surface area contributed by atoms with Gasteiger partial charge in [0.1, 0.15) is 6.17 Å². The van der Waals surface area contributed by atoms with Crippen molar-refractivity contribution in [1.29, 1.82) is 0 Å². The van der Waals surface area contributed by atoms with Crippen molar-refractivity contribution >= 4 is 5.69 Å². The Morgan fingerprint density at radius 2 is 1.50 bits per heavy atom. The largest absolute Gasteiger partial charge is 0.369 e. The topological polar surface area (TPSA) is 15.3 Å². The van der Waals surface area contributed by atoms with E-state index in [2.05, 4.69) is 82.4 Å². The summed E-state index contributed by atoms with van der Waals surface area (Å²) in [5, 5.41) is 3.48. The van der Waals surface area contributed by atoms with E-state index in [1.165, 1.54) is 16.8 Å². The lowest BCUT2D eigenvalue weighted by molar-refractivity contribution is 0.461. The Balaban J connectivity index is 2.55. The van der Waals surface area contributed by atoms with Crippen molar-refractivity contribution in [1.82, 2.24) is 5.32 Å². The molecule has 0 bridgehead atoms. The van der Waals surface area contributed by atoms with Gasteiger partial charge < -0.3 is 10.2 Å². The van der Waals surface area contributed by atoms with Crippen LogP contribution in [0, 0.1) is 5.92 Å². The van der Waals surface area contributed by atoms with Crippen LogP contribution in [-0.4, -0.2) is 6.17 Å². The molecule has 0 spiro atoms. The van der Waals surface area contributed by atoms with Crippen molar-refractivity contribution in [3.63, 3.8) is 0 Å². The number of hydrogen-bond donors (Lipinski definition) is 1. The number of benzene rings is 1. The van der Waals surface area contributed by atoms with Crippen LogP contribution in [0.15, 0.2) is 30.6 Å².